The predicted molar refractivity (Wildman–Crippen MR) is 122 cm³/mol. The monoisotopic (exact) mass is 477 g/mol. The Morgan fingerprint density at radius 1 is 1.06 bits per heavy atom. The van der Waals surface area contributed by atoms with Crippen molar-refractivity contribution >= 4 is 27.4 Å². The SMILES string of the molecule is CC(C)(C)c1ccc(S(=O)(=O)Nc2ncnc(OCCO)c2Oc2ccccc2Cl)cc1. The van der Waals surface area contributed by atoms with Crippen LogP contribution in [-0.4, -0.2) is 36.7 Å². The molecule has 0 aliphatic heterocycles. The van der Waals surface area contributed by atoms with Crippen LogP contribution in [-0.2, 0) is 15.4 Å². The van der Waals surface area contributed by atoms with Crippen molar-refractivity contribution in [1.82, 2.24) is 9.97 Å². The third-order valence-corrected chi connectivity index (χ3v) is 6.08. The summed E-state index contributed by atoms with van der Waals surface area (Å²) < 4.78 is 39.7. The fraction of sp³-hybridized carbons (Fsp3) is 0.273. The Morgan fingerprint density at radius 2 is 1.75 bits per heavy atom. The number of rotatable bonds is 8. The van der Waals surface area contributed by atoms with Crippen LogP contribution in [0, 0.1) is 0 Å². The number of aliphatic hydroxyl groups excluding tert-OH is 1. The fourth-order valence-corrected chi connectivity index (χ4v) is 3.91. The topological polar surface area (TPSA) is 111 Å². The average molecular weight is 478 g/mol. The van der Waals surface area contributed by atoms with Gasteiger partial charge in [0.1, 0.15) is 18.7 Å². The molecule has 8 nitrogen and oxygen atoms in total. The van der Waals surface area contributed by atoms with Crippen molar-refractivity contribution in [1.29, 1.82) is 0 Å². The van der Waals surface area contributed by atoms with Crippen LogP contribution in [0.15, 0.2) is 59.8 Å². The molecule has 0 aliphatic rings. The van der Waals surface area contributed by atoms with Gasteiger partial charge in [-0.15, -0.1) is 0 Å². The van der Waals surface area contributed by atoms with Gasteiger partial charge in [-0.05, 0) is 35.2 Å². The molecule has 3 rings (SSSR count). The molecule has 0 fully saturated rings. The Labute approximate surface area is 192 Å². The van der Waals surface area contributed by atoms with Crippen LogP contribution < -0.4 is 14.2 Å². The summed E-state index contributed by atoms with van der Waals surface area (Å²) in [5.41, 5.74) is 0.887. The number of hydrogen-bond acceptors (Lipinski definition) is 7. The average Bonchev–Trinajstić information content (AvgIpc) is 2.74. The minimum Gasteiger partial charge on any atom is -0.472 e. The maximum absolute atomic E-state index is 13.0. The van der Waals surface area contributed by atoms with Gasteiger partial charge in [0.25, 0.3) is 15.9 Å². The molecular weight excluding hydrogens is 454 g/mol. The maximum Gasteiger partial charge on any atom is 0.263 e. The van der Waals surface area contributed by atoms with Crippen molar-refractivity contribution in [3.05, 3.63) is 65.4 Å². The van der Waals surface area contributed by atoms with Crippen LogP contribution in [0.2, 0.25) is 5.02 Å². The van der Waals surface area contributed by atoms with Gasteiger partial charge in [0.15, 0.2) is 5.82 Å². The number of sulfonamides is 1. The van der Waals surface area contributed by atoms with E-state index in [1.54, 1.807) is 36.4 Å². The van der Waals surface area contributed by atoms with E-state index >= 15 is 0 Å². The van der Waals surface area contributed by atoms with Crippen molar-refractivity contribution in [2.45, 2.75) is 31.1 Å². The van der Waals surface area contributed by atoms with Gasteiger partial charge in [-0.3, -0.25) is 4.72 Å². The highest BCUT2D eigenvalue weighted by atomic mass is 35.5. The molecule has 0 saturated carbocycles. The number of para-hydroxylation sites is 1. The van der Waals surface area contributed by atoms with Gasteiger partial charge in [0.2, 0.25) is 5.75 Å². The molecule has 0 atom stereocenters. The lowest BCUT2D eigenvalue weighted by Crippen LogP contribution is -2.16. The third-order valence-electron chi connectivity index (χ3n) is 4.41. The van der Waals surface area contributed by atoms with Gasteiger partial charge in [0.05, 0.1) is 16.5 Å². The molecular formula is C22H24ClN3O5S. The quantitative estimate of drug-likeness (QED) is 0.494. The van der Waals surface area contributed by atoms with E-state index in [0.717, 1.165) is 11.9 Å². The highest BCUT2D eigenvalue weighted by molar-refractivity contribution is 7.92. The number of aliphatic hydroxyl groups is 1. The second kappa shape index (κ2) is 9.72. The number of benzene rings is 2. The second-order valence-electron chi connectivity index (χ2n) is 7.84. The van der Waals surface area contributed by atoms with E-state index in [-0.39, 0.29) is 46.7 Å². The van der Waals surface area contributed by atoms with Gasteiger partial charge in [0, 0.05) is 0 Å². The molecule has 170 valence electrons. The third kappa shape index (κ3) is 5.67. The summed E-state index contributed by atoms with van der Waals surface area (Å²) in [6.45, 7) is 5.79. The Hall–Kier alpha value is -2.88. The van der Waals surface area contributed by atoms with Gasteiger partial charge in [-0.1, -0.05) is 56.6 Å². The van der Waals surface area contributed by atoms with Crippen molar-refractivity contribution in [2.24, 2.45) is 0 Å². The number of aromatic nitrogens is 2. The highest BCUT2D eigenvalue weighted by Gasteiger charge is 2.23. The molecule has 10 heteroatoms. The summed E-state index contributed by atoms with van der Waals surface area (Å²) in [7, 11) is -4.00. The van der Waals surface area contributed by atoms with E-state index in [0.29, 0.717) is 5.02 Å². The lowest BCUT2D eigenvalue weighted by molar-refractivity contribution is 0.192. The summed E-state index contributed by atoms with van der Waals surface area (Å²) in [6.07, 6.45) is 1.13. The summed E-state index contributed by atoms with van der Waals surface area (Å²) in [4.78, 5) is 8.09. The lowest BCUT2D eigenvalue weighted by atomic mass is 9.87. The molecule has 0 unspecified atom stereocenters. The first kappa shape index (κ1) is 23.8. The maximum atomic E-state index is 13.0. The van der Waals surface area contributed by atoms with Gasteiger partial charge < -0.3 is 14.6 Å². The molecule has 0 spiro atoms. The van der Waals surface area contributed by atoms with Crippen LogP contribution in [0.1, 0.15) is 26.3 Å². The summed E-state index contributed by atoms with van der Waals surface area (Å²) in [6, 6.07) is 13.3. The first-order valence-corrected chi connectivity index (χ1v) is 11.6. The van der Waals surface area contributed by atoms with Crippen molar-refractivity contribution < 1.29 is 23.0 Å². The minimum atomic E-state index is -4.00. The van der Waals surface area contributed by atoms with Gasteiger partial charge in [-0.25, -0.2) is 13.4 Å². The number of nitrogens with one attached hydrogen (secondary N) is 1. The summed E-state index contributed by atoms with van der Waals surface area (Å²) >= 11 is 6.18. The van der Waals surface area contributed by atoms with E-state index in [4.69, 9.17) is 26.2 Å². The zero-order valence-electron chi connectivity index (χ0n) is 17.9. The molecule has 0 radical (unpaired) electrons. The molecule has 1 heterocycles. The number of nitrogens with zero attached hydrogens (tertiary/aromatic N) is 2. The van der Waals surface area contributed by atoms with E-state index in [1.165, 1.54) is 12.1 Å². The van der Waals surface area contributed by atoms with Crippen molar-refractivity contribution in [3.63, 3.8) is 0 Å². The smallest absolute Gasteiger partial charge is 0.263 e. The van der Waals surface area contributed by atoms with Crippen LogP contribution in [0.5, 0.6) is 17.4 Å². The van der Waals surface area contributed by atoms with Gasteiger partial charge in [-0.2, -0.15) is 4.98 Å². The standard InChI is InChI=1S/C22H24ClN3O5S/c1-22(2,3)15-8-10-16(11-9-15)32(28,29)26-20-19(21(25-14-24-20)30-13-12-27)31-18-7-5-4-6-17(18)23/h4-11,14,27H,12-13H2,1-3H3,(H,24,25,26). The molecule has 32 heavy (non-hydrogen) atoms. The first-order valence-electron chi connectivity index (χ1n) is 9.76. The lowest BCUT2D eigenvalue weighted by Gasteiger charge is -2.19. The van der Waals surface area contributed by atoms with Crippen LogP contribution in [0.4, 0.5) is 5.82 Å². The molecule has 0 aliphatic carbocycles. The molecule has 0 amide bonds. The Morgan fingerprint density at radius 3 is 2.38 bits per heavy atom. The van der Waals surface area contributed by atoms with Crippen molar-refractivity contribution in [3.8, 4) is 17.4 Å². The Kier molecular flexibility index (Phi) is 7.22. The zero-order chi connectivity index (χ0) is 23.4. The van der Waals surface area contributed by atoms with E-state index < -0.39 is 10.0 Å². The number of hydrogen-bond donors (Lipinski definition) is 2. The molecule has 2 N–H and O–H groups in total. The summed E-state index contributed by atoms with van der Waals surface area (Å²) in [5.74, 6) is -0.000706. The van der Waals surface area contributed by atoms with Crippen LogP contribution in [0.3, 0.4) is 0 Å². The number of halogens is 1. The number of ether oxygens (including phenoxy) is 2. The summed E-state index contributed by atoms with van der Waals surface area (Å²) in [5, 5.41) is 9.40. The molecule has 0 bridgehead atoms. The van der Waals surface area contributed by atoms with Crippen molar-refractivity contribution in [2.75, 3.05) is 17.9 Å². The highest BCUT2D eigenvalue weighted by Crippen LogP contribution is 2.39. The number of anilines is 1. The molecule has 2 aromatic carbocycles. The normalized spacial score (nSPS) is 11.8. The fourth-order valence-electron chi connectivity index (χ4n) is 2.73. The first-order chi connectivity index (χ1) is 15.1. The van der Waals surface area contributed by atoms with Gasteiger partial charge >= 0.3 is 0 Å². The minimum absolute atomic E-state index is 0.0465. The Bertz CT molecular complexity index is 1180. The largest absolute Gasteiger partial charge is 0.472 e. The molecule has 3 aromatic rings. The predicted octanol–water partition coefficient (Wildman–Crippen LogP) is 4.39. The van der Waals surface area contributed by atoms with E-state index in [1.807, 2.05) is 20.8 Å². The second-order valence-corrected chi connectivity index (χ2v) is 9.93. The van der Waals surface area contributed by atoms with E-state index in [2.05, 4.69) is 14.7 Å². The molecule has 0 saturated heterocycles. The Balaban J connectivity index is 1.98. The van der Waals surface area contributed by atoms with Crippen LogP contribution in [0.25, 0.3) is 0 Å². The molecule has 1 aromatic heterocycles. The van der Waals surface area contributed by atoms with Crippen LogP contribution >= 0.6 is 11.6 Å². The zero-order valence-corrected chi connectivity index (χ0v) is 19.4. The van der Waals surface area contributed by atoms with E-state index in [9.17, 15) is 8.42 Å².